The van der Waals surface area contributed by atoms with E-state index in [4.69, 9.17) is 16.3 Å². The van der Waals surface area contributed by atoms with Gasteiger partial charge in [-0.25, -0.2) is 0 Å². The van der Waals surface area contributed by atoms with Crippen LogP contribution in [0.1, 0.15) is 25.3 Å². The highest BCUT2D eigenvalue weighted by Gasteiger charge is 2.04. The number of nitrogens with one attached hydrogen (secondary N) is 1. The molecule has 17 heavy (non-hydrogen) atoms. The van der Waals surface area contributed by atoms with Crippen LogP contribution in [0.15, 0.2) is 18.2 Å². The second-order valence-corrected chi connectivity index (χ2v) is 4.24. The van der Waals surface area contributed by atoms with Crippen LogP contribution in [0.5, 0.6) is 5.75 Å². The molecule has 0 aliphatic heterocycles. The number of hydrogen-bond acceptors (Lipinski definition) is 2. The Morgan fingerprint density at radius 3 is 2.88 bits per heavy atom. The summed E-state index contributed by atoms with van der Waals surface area (Å²) in [6.45, 7) is 2.59. The Labute approximate surface area is 107 Å². The van der Waals surface area contributed by atoms with Gasteiger partial charge >= 0.3 is 0 Å². The molecule has 0 saturated heterocycles. The van der Waals surface area contributed by atoms with Gasteiger partial charge in [0.25, 0.3) is 0 Å². The zero-order valence-corrected chi connectivity index (χ0v) is 11.0. The van der Waals surface area contributed by atoms with Crippen molar-refractivity contribution in [1.82, 2.24) is 5.32 Å². The summed E-state index contributed by atoms with van der Waals surface area (Å²) in [7, 11) is 1.63. The SMILES string of the molecule is CCCC(=O)NCCc1cc(Cl)ccc1OC. The molecule has 94 valence electrons. The van der Waals surface area contributed by atoms with Crippen LogP contribution in [0.25, 0.3) is 0 Å². The van der Waals surface area contributed by atoms with Gasteiger partial charge in [-0.3, -0.25) is 4.79 Å². The number of halogens is 1. The third-order valence-electron chi connectivity index (χ3n) is 2.44. The average molecular weight is 256 g/mol. The molecule has 1 aromatic carbocycles. The number of carbonyl (C=O) groups is 1. The maximum absolute atomic E-state index is 11.3. The summed E-state index contributed by atoms with van der Waals surface area (Å²) < 4.78 is 5.23. The van der Waals surface area contributed by atoms with Crippen LogP contribution in [-0.4, -0.2) is 19.6 Å². The molecule has 4 heteroatoms. The molecule has 0 unspecified atom stereocenters. The van der Waals surface area contributed by atoms with E-state index in [9.17, 15) is 4.79 Å². The molecule has 0 saturated carbocycles. The van der Waals surface area contributed by atoms with Crippen molar-refractivity contribution in [1.29, 1.82) is 0 Å². The summed E-state index contributed by atoms with van der Waals surface area (Å²) in [5.41, 5.74) is 1.01. The molecule has 0 atom stereocenters. The molecule has 1 N–H and O–H groups in total. The zero-order valence-electron chi connectivity index (χ0n) is 10.3. The summed E-state index contributed by atoms with van der Waals surface area (Å²) in [5, 5.41) is 3.55. The molecule has 0 aliphatic rings. The number of hydrogen-bond donors (Lipinski definition) is 1. The maximum atomic E-state index is 11.3. The Balaban J connectivity index is 2.50. The van der Waals surface area contributed by atoms with Gasteiger partial charge < -0.3 is 10.1 Å². The van der Waals surface area contributed by atoms with Crippen LogP contribution >= 0.6 is 11.6 Å². The number of methoxy groups -OCH3 is 1. The summed E-state index contributed by atoms with van der Waals surface area (Å²) >= 11 is 5.92. The van der Waals surface area contributed by atoms with Crippen LogP contribution in [0.3, 0.4) is 0 Å². The summed E-state index contributed by atoms with van der Waals surface area (Å²) in [6, 6.07) is 5.50. The molecular formula is C13H18ClNO2. The van der Waals surface area contributed by atoms with E-state index in [1.807, 2.05) is 19.1 Å². The Morgan fingerprint density at radius 2 is 2.24 bits per heavy atom. The van der Waals surface area contributed by atoms with E-state index in [1.54, 1.807) is 13.2 Å². The summed E-state index contributed by atoms with van der Waals surface area (Å²) in [5.74, 6) is 0.896. The fraction of sp³-hybridized carbons (Fsp3) is 0.462. The Bertz CT molecular complexity index is 380. The van der Waals surface area contributed by atoms with Gasteiger partial charge in [-0.1, -0.05) is 18.5 Å². The molecular weight excluding hydrogens is 238 g/mol. The highest BCUT2D eigenvalue weighted by atomic mass is 35.5. The number of carbonyl (C=O) groups excluding carboxylic acids is 1. The van der Waals surface area contributed by atoms with E-state index < -0.39 is 0 Å². The minimum Gasteiger partial charge on any atom is -0.496 e. The van der Waals surface area contributed by atoms with Crippen molar-refractivity contribution >= 4 is 17.5 Å². The summed E-state index contributed by atoms with van der Waals surface area (Å²) in [4.78, 5) is 11.3. The van der Waals surface area contributed by atoms with E-state index in [-0.39, 0.29) is 5.91 Å². The topological polar surface area (TPSA) is 38.3 Å². The van der Waals surface area contributed by atoms with Gasteiger partial charge in [-0.05, 0) is 36.6 Å². The first-order valence-electron chi connectivity index (χ1n) is 5.76. The van der Waals surface area contributed by atoms with Gasteiger partial charge in [0, 0.05) is 18.0 Å². The lowest BCUT2D eigenvalue weighted by Gasteiger charge is -2.09. The molecule has 3 nitrogen and oxygen atoms in total. The van der Waals surface area contributed by atoms with Gasteiger partial charge in [-0.15, -0.1) is 0 Å². The molecule has 0 aliphatic carbocycles. The van der Waals surface area contributed by atoms with Crippen LogP contribution in [0, 0.1) is 0 Å². The smallest absolute Gasteiger partial charge is 0.219 e. The molecule has 0 fully saturated rings. The molecule has 0 bridgehead atoms. The first-order valence-corrected chi connectivity index (χ1v) is 6.14. The second kappa shape index (κ2) is 7.17. The normalized spacial score (nSPS) is 10.1. The quantitative estimate of drug-likeness (QED) is 0.849. The largest absolute Gasteiger partial charge is 0.496 e. The molecule has 1 amide bonds. The van der Waals surface area contributed by atoms with E-state index >= 15 is 0 Å². The Hall–Kier alpha value is -1.22. The van der Waals surface area contributed by atoms with E-state index in [2.05, 4.69) is 5.32 Å². The lowest BCUT2D eigenvalue weighted by atomic mass is 10.1. The fourth-order valence-electron chi connectivity index (χ4n) is 1.59. The summed E-state index contributed by atoms with van der Waals surface area (Å²) in [6.07, 6.45) is 2.16. The molecule has 1 rings (SSSR count). The fourth-order valence-corrected chi connectivity index (χ4v) is 1.79. The number of rotatable bonds is 6. The highest BCUT2D eigenvalue weighted by molar-refractivity contribution is 6.30. The maximum Gasteiger partial charge on any atom is 0.219 e. The van der Waals surface area contributed by atoms with Crippen molar-refractivity contribution in [2.75, 3.05) is 13.7 Å². The van der Waals surface area contributed by atoms with E-state index in [0.29, 0.717) is 18.0 Å². The van der Waals surface area contributed by atoms with Crippen molar-refractivity contribution in [3.05, 3.63) is 28.8 Å². The third kappa shape index (κ3) is 4.65. The predicted molar refractivity (Wildman–Crippen MR) is 69.6 cm³/mol. The number of amides is 1. The number of ether oxygens (including phenoxy) is 1. The first kappa shape index (κ1) is 13.8. The van der Waals surface area contributed by atoms with Gasteiger partial charge in [-0.2, -0.15) is 0 Å². The van der Waals surface area contributed by atoms with Gasteiger partial charge in [0.2, 0.25) is 5.91 Å². The van der Waals surface area contributed by atoms with Gasteiger partial charge in [0.05, 0.1) is 7.11 Å². The molecule has 0 radical (unpaired) electrons. The lowest BCUT2D eigenvalue weighted by Crippen LogP contribution is -2.25. The van der Waals surface area contributed by atoms with Gasteiger partial charge in [0.15, 0.2) is 0 Å². The van der Waals surface area contributed by atoms with E-state index in [0.717, 1.165) is 24.2 Å². The van der Waals surface area contributed by atoms with E-state index in [1.165, 1.54) is 0 Å². The van der Waals surface area contributed by atoms with Crippen molar-refractivity contribution < 1.29 is 9.53 Å². The van der Waals surface area contributed by atoms with Crippen LogP contribution in [0.2, 0.25) is 5.02 Å². The number of benzene rings is 1. The standard InChI is InChI=1S/C13H18ClNO2/c1-3-4-13(16)15-8-7-10-9-11(14)5-6-12(10)17-2/h5-6,9H,3-4,7-8H2,1-2H3,(H,15,16). The Kier molecular flexibility index (Phi) is 5.84. The third-order valence-corrected chi connectivity index (χ3v) is 2.67. The van der Waals surface area contributed by atoms with Crippen molar-refractivity contribution in [3.63, 3.8) is 0 Å². The van der Waals surface area contributed by atoms with Crippen molar-refractivity contribution in [2.45, 2.75) is 26.2 Å². The van der Waals surface area contributed by atoms with Crippen LogP contribution < -0.4 is 10.1 Å². The molecule has 0 spiro atoms. The monoisotopic (exact) mass is 255 g/mol. The minimum absolute atomic E-state index is 0.0912. The average Bonchev–Trinajstić information content (AvgIpc) is 2.30. The molecule has 0 aromatic heterocycles. The van der Waals surface area contributed by atoms with Crippen LogP contribution in [0.4, 0.5) is 0 Å². The minimum atomic E-state index is 0.0912. The zero-order chi connectivity index (χ0) is 12.7. The predicted octanol–water partition coefficient (Wildman–Crippen LogP) is 2.81. The molecule has 1 aromatic rings. The van der Waals surface area contributed by atoms with Crippen molar-refractivity contribution in [3.8, 4) is 5.75 Å². The lowest BCUT2D eigenvalue weighted by molar-refractivity contribution is -0.121. The highest BCUT2D eigenvalue weighted by Crippen LogP contribution is 2.22. The van der Waals surface area contributed by atoms with Crippen molar-refractivity contribution in [2.24, 2.45) is 0 Å². The molecule has 0 heterocycles. The van der Waals surface area contributed by atoms with Crippen LogP contribution in [-0.2, 0) is 11.2 Å². The van der Waals surface area contributed by atoms with Gasteiger partial charge in [0.1, 0.15) is 5.75 Å². The Morgan fingerprint density at radius 1 is 1.47 bits per heavy atom. The second-order valence-electron chi connectivity index (χ2n) is 3.81. The first-order chi connectivity index (χ1) is 8.17.